The molecule has 0 amide bonds. The van der Waals surface area contributed by atoms with Crippen molar-refractivity contribution in [3.8, 4) is 5.75 Å². The van der Waals surface area contributed by atoms with Crippen molar-refractivity contribution >= 4 is 27.3 Å². The summed E-state index contributed by atoms with van der Waals surface area (Å²) >= 11 is 5.50. The first-order chi connectivity index (χ1) is 9.31. The van der Waals surface area contributed by atoms with Crippen molar-refractivity contribution in [3.63, 3.8) is 0 Å². The van der Waals surface area contributed by atoms with Crippen molar-refractivity contribution in [3.05, 3.63) is 52.2 Å². The summed E-state index contributed by atoms with van der Waals surface area (Å²) in [6.07, 6.45) is 3.51. The van der Waals surface area contributed by atoms with Gasteiger partial charge in [0.15, 0.2) is 0 Å². The second kappa shape index (κ2) is 7.71. The third-order valence-corrected chi connectivity index (χ3v) is 5.11. The number of hydrogen-bond donors (Lipinski definition) is 0. The Bertz CT molecular complexity index is 481. The van der Waals surface area contributed by atoms with Crippen LogP contribution in [0.2, 0.25) is 0 Å². The second-order valence-electron chi connectivity index (χ2n) is 4.69. The van der Waals surface area contributed by atoms with Gasteiger partial charge < -0.3 is 4.74 Å². The molecule has 0 spiro atoms. The number of aryl methyl sites for hydroxylation is 1. The van der Waals surface area contributed by atoms with E-state index in [1.807, 2.05) is 17.4 Å². The number of benzene rings is 1. The van der Waals surface area contributed by atoms with E-state index in [-0.39, 0.29) is 0 Å². The number of halogens is 1. The number of thiophene rings is 1. The first-order valence-electron chi connectivity index (χ1n) is 6.53. The monoisotopic (exact) mass is 338 g/mol. The molecule has 2 aromatic rings. The lowest BCUT2D eigenvalue weighted by molar-refractivity contribution is 0.413. The molecule has 0 aliphatic carbocycles. The molecule has 1 aromatic carbocycles. The fourth-order valence-electron chi connectivity index (χ4n) is 2.17. The van der Waals surface area contributed by atoms with E-state index < -0.39 is 0 Å². The molecule has 0 radical (unpaired) electrons. The third-order valence-electron chi connectivity index (χ3n) is 3.26. The van der Waals surface area contributed by atoms with Gasteiger partial charge in [-0.05, 0) is 54.3 Å². The summed E-state index contributed by atoms with van der Waals surface area (Å²) in [4.78, 5) is 1.48. The van der Waals surface area contributed by atoms with Crippen LogP contribution in [0.1, 0.15) is 16.9 Å². The largest absolute Gasteiger partial charge is 0.497 e. The Labute approximate surface area is 127 Å². The van der Waals surface area contributed by atoms with Crippen LogP contribution in [0.3, 0.4) is 0 Å². The summed E-state index contributed by atoms with van der Waals surface area (Å²) < 4.78 is 5.28. The maximum absolute atomic E-state index is 5.28. The van der Waals surface area contributed by atoms with Crippen LogP contribution in [0, 0.1) is 5.92 Å². The molecule has 2 rings (SSSR count). The molecule has 19 heavy (non-hydrogen) atoms. The summed E-state index contributed by atoms with van der Waals surface area (Å²) in [6.45, 7) is 0. The molecule has 0 aliphatic rings. The third kappa shape index (κ3) is 4.66. The minimum absolute atomic E-state index is 0.675. The SMILES string of the molecule is COc1cccc(CC(CBr)CCc2cccs2)c1. The zero-order valence-corrected chi connectivity index (χ0v) is 13.5. The molecule has 1 aromatic heterocycles. The second-order valence-corrected chi connectivity index (χ2v) is 6.37. The van der Waals surface area contributed by atoms with Crippen molar-refractivity contribution in [2.45, 2.75) is 19.3 Å². The van der Waals surface area contributed by atoms with Gasteiger partial charge >= 0.3 is 0 Å². The number of alkyl halides is 1. The summed E-state index contributed by atoms with van der Waals surface area (Å²) in [5, 5.41) is 3.20. The number of methoxy groups -OCH3 is 1. The van der Waals surface area contributed by atoms with E-state index in [2.05, 4.69) is 51.6 Å². The van der Waals surface area contributed by atoms with Gasteiger partial charge in [0, 0.05) is 10.2 Å². The van der Waals surface area contributed by atoms with Crippen LogP contribution in [-0.4, -0.2) is 12.4 Å². The Kier molecular flexibility index (Phi) is 5.93. The highest BCUT2D eigenvalue weighted by Crippen LogP contribution is 2.21. The minimum atomic E-state index is 0.675. The summed E-state index contributed by atoms with van der Waals surface area (Å²) in [5.41, 5.74) is 1.36. The van der Waals surface area contributed by atoms with Crippen molar-refractivity contribution in [2.75, 3.05) is 12.4 Å². The van der Waals surface area contributed by atoms with Gasteiger partial charge in [-0.3, -0.25) is 0 Å². The quantitative estimate of drug-likeness (QED) is 0.649. The predicted octanol–water partition coefficient (Wildman–Crippen LogP) is 4.94. The van der Waals surface area contributed by atoms with Gasteiger partial charge in [-0.25, -0.2) is 0 Å². The average Bonchev–Trinajstić information content (AvgIpc) is 2.97. The number of ether oxygens (including phenoxy) is 1. The van der Waals surface area contributed by atoms with E-state index >= 15 is 0 Å². The van der Waals surface area contributed by atoms with Crippen LogP contribution in [0.25, 0.3) is 0 Å². The van der Waals surface area contributed by atoms with Crippen LogP contribution in [0.5, 0.6) is 5.75 Å². The lowest BCUT2D eigenvalue weighted by atomic mass is 9.96. The van der Waals surface area contributed by atoms with E-state index in [1.54, 1.807) is 7.11 Å². The molecular weight excluding hydrogens is 320 g/mol. The fourth-order valence-corrected chi connectivity index (χ4v) is 3.45. The van der Waals surface area contributed by atoms with Gasteiger partial charge in [0.25, 0.3) is 0 Å². The standard InChI is InChI=1S/C16H19BrOS/c1-18-15-5-2-4-13(11-15)10-14(12-17)7-8-16-6-3-9-19-16/h2-6,9,11,14H,7-8,10,12H2,1H3. The van der Waals surface area contributed by atoms with Crippen LogP contribution < -0.4 is 4.74 Å². The van der Waals surface area contributed by atoms with Crippen molar-refractivity contribution in [2.24, 2.45) is 5.92 Å². The van der Waals surface area contributed by atoms with E-state index in [9.17, 15) is 0 Å². The molecule has 0 saturated carbocycles. The highest BCUT2D eigenvalue weighted by Gasteiger charge is 2.09. The maximum Gasteiger partial charge on any atom is 0.119 e. The normalized spacial score (nSPS) is 12.3. The Morgan fingerprint density at radius 3 is 2.84 bits per heavy atom. The molecular formula is C16H19BrOS. The predicted molar refractivity (Wildman–Crippen MR) is 86.6 cm³/mol. The van der Waals surface area contributed by atoms with Crippen LogP contribution in [0.15, 0.2) is 41.8 Å². The smallest absolute Gasteiger partial charge is 0.119 e. The zero-order valence-electron chi connectivity index (χ0n) is 11.1. The lowest BCUT2D eigenvalue weighted by Gasteiger charge is -2.14. The topological polar surface area (TPSA) is 9.23 Å². The molecule has 3 heteroatoms. The number of hydrogen-bond acceptors (Lipinski definition) is 2. The molecule has 0 saturated heterocycles. The molecule has 0 N–H and O–H groups in total. The van der Waals surface area contributed by atoms with Gasteiger partial charge in [0.2, 0.25) is 0 Å². The molecule has 102 valence electrons. The van der Waals surface area contributed by atoms with Gasteiger partial charge in [-0.15, -0.1) is 11.3 Å². The number of rotatable bonds is 7. The van der Waals surface area contributed by atoms with E-state index in [0.717, 1.165) is 17.5 Å². The molecule has 1 atom stereocenters. The Morgan fingerprint density at radius 1 is 1.26 bits per heavy atom. The zero-order chi connectivity index (χ0) is 13.5. The summed E-state index contributed by atoms with van der Waals surface area (Å²) in [7, 11) is 1.72. The Hall–Kier alpha value is -0.800. The highest BCUT2D eigenvalue weighted by atomic mass is 79.9. The van der Waals surface area contributed by atoms with Gasteiger partial charge in [-0.2, -0.15) is 0 Å². The van der Waals surface area contributed by atoms with E-state index in [4.69, 9.17) is 4.74 Å². The molecule has 0 aliphatic heterocycles. The van der Waals surface area contributed by atoms with Crippen molar-refractivity contribution in [1.29, 1.82) is 0 Å². The lowest BCUT2D eigenvalue weighted by Crippen LogP contribution is -2.07. The Morgan fingerprint density at radius 2 is 2.16 bits per heavy atom. The van der Waals surface area contributed by atoms with Crippen LogP contribution in [-0.2, 0) is 12.8 Å². The molecule has 1 unspecified atom stereocenters. The fraction of sp³-hybridized carbons (Fsp3) is 0.375. The van der Waals surface area contributed by atoms with E-state index in [0.29, 0.717) is 5.92 Å². The van der Waals surface area contributed by atoms with Crippen molar-refractivity contribution < 1.29 is 4.74 Å². The molecule has 1 nitrogen and oxygen atoms in total. The molecule has 0 fully saturated rings. The van der Waals surface area contributed by atoms with Gasteiger partial charge in [0.05, 0.1) is 7.11 Å². The van der Waals surface area contributed by atoms with Gasteiger partial charge in [-0.1, -0.05) is 34.1 Å². The van der Waals surface area contributed by atoms with E-state index in [1.165, 1.54) is 23.3 Å². The van der Waals surface area contributed by atoms with Gasteiger partial charge in [0.1, 0.15) is 5.75 Å². The first-order valence-corrected chi connectivity index (χ1v) is 8.53. The first kappa shape index (κ1) is 14.6. The Balaban J connectivity index is 1.90. The molecule has 0 bridgehead atoms. The maximum atomic E-state index is 5.28. The summed E-state index contributed by atoms with van der Waals surface area (Å²) in [6, 6.07) is 12.7. The minimum Gasteiger partial charge on any atom is -0.497 e. The summed E-state index contributed by atoms with van der Waals surface area (Å²) in [5.74, 6) is 1.62. The van der Waals surface area contributed by atoms with Crippen LogP contribution in [0.4, 0.5) is 0 Å². The molecule has 1 heterocycles. The highest BCUT2D eigenvalue weighted by molar-refractivity contribution is 9.09. The van der Waals surface area contributed by atoms with Crippen LogP contribution >= 0.6 is 27.3 Å². The van der Waals surface area contributed by atoms with Crippen molar-refractivity contribution in [1.82, 2.24) is 0 Å². The average molecular weight is 339 g/mol.